The first-order valence-corrected chi connectivity index (χ1v) is 7.82. The minimum atomic E-state index is -3.64. The molecule has 2 rings (SSSR count). The molecule has 21 heavy (non-hydrogen) atoms. The normalized spacial score (nSPS) is 11.0. The first kappa shape index (κ1) is 15.1. The summed E-state index contributed by atoms with van der Waals surface area (Å²) in [5.74, 6) is -0.205. The highest BCUT2D eigenvalue weighted by atomic mass is 32.2. The third-order valence-electron chi connectivity index (χ3n) is 2.76. The van der Waals surface area contributed by atoms with E-state index in [1.807, 2.05) is 13.0 Å². The van der Waals surface area contributed by atoms with Crippen LogP contribution < -0.4 is 10.0 Å². The van der Waals surface area contributed by atoms with Gasteiger partial charge in [-0.2, -0.15) is 0 Å². The van der Waals surface area contributed by atoms with Crippen molar-refractivity contribution in [2.75, 3.05) is 10.0 Å². The summed E-state index contributed by atoms with van der Waals surface area (Å²) in [7, 11) is -3.64. The van der Waals surface area contributed by atoms with Gasteiger partial charge in [-0.1, -0.05) is 12.1 Å². The Hall–Kier alpha value is -2.34. The Balaban J connectivity index is 2.21. The Morgan fingerprint density at radius 1 is 1.00 bits per heavy atom. The number of carbonyl (C=O) groups excluding carboxylic acids is 1. The van der Waals surface area contributed by atoms with Crippen molar-refractivity contribution in [3.8, 4) is 0 Å². The van der Waals surface area contributed by atoms with Crippen LogP contribution in [0, 0.1) is 6.92 Å². The Kier molecular flexibility index (Phi) is 4.28. The standard InChI is InChI=1S/C15H16N2O3S/c1-11-4-3-5-14(10-11)17-21(19,20)15-8-6-13(7-9-15)16-12(2)18/h3-10,17H,1-2H3,(H,16,18). The number of sulfonamides is 1. The summed E-state index contributed by atoms with van der Waals surface area (Å²) in [6.45, 7) is 3.28. The lowest BCUT2D eigenvalue weighted by Crippen LogP contribution is -2.13. The first-order chi connectivity index (χ1) is 9.87. The Labute approximate surface area is 124 Å². The van der Waals surface area contributed by atoms with Gasteiger partial charge in [0.05, 0.1) is 4.90 Å². The fourth-order valence-corrected chi connectivity index (χ4v) is 2.89. The molecule has 0 saturated carbocycles. The predicted octanol–water partition coefficient (Wildman–Crippen LogP) is 2.75. The van der Waals surface area contributed by atoms with Gasteiger partial charge >= 0.3 is 0 Å². The number of rotatable bonds is 4. The number of carbonyl (C=O) groups is 1. The first-order valence-electron chi connectivity index (χ1n) is 6.34. The fraction of sp³-hybridized carbons (Fsp3) is 0.133. The molecule has 0 radical (unpaired) electrons. The van der Waals surface area contributed by atoms with E-state index in [0.717, 1.165) is 5.56 Å². The molecule has 6 heteroatoms. The predicted molar refractivity (Wildman–Crippen MR) is 82.7 cm³/mol. The summed E-state index contributed by atoms with van der Waals surface area (Å²) in [6, 6.07) is 13.1. The maximum absolute atomic E-state index is 12.2. The van der Waals surface area contributed by atoms with Crippen molar-refractivity contribution < 1.29 is 13.2 Å². The molecule has 0 fully saturated rings. The highest BCUT2D eigenvalue weighted by molar-refractivity contribution is 7.92. The molecule has 0 bridgehead atoms. The highest BCUT2D eigenvalue weighted by Gasteiger charge is 2.14. The topological polar surface area (TPSA) is 75.3 Å². The van der Waals surface area contributed by atoms with Gasteiger partial charge in [-0.25, -0.2) is 8.42 Å². The molecule has 5 nitrogen and oxygen atoms in total. The molecule has 0 aliphatic carbocycles. The van der Waals surface area contributed by atoms with E-state index in [1.165, 1.54) is 19.1 Å². The Morgan fingerprint density at radius 3 is 2.24 bits per heavy atom. The third kappa shape index (κ3) is 4.06. The third-order valence-corrected chi connectivity index (χ3v) is 4.15. The van der Waals surface area contributed by atoms with Gasteiger partial charge < -0.3 is 5.32 Å². The van der Waals surface area contributed by atoms with Crippen molar-refractivity contribution in [1.29, 1.82) is 0 Å². The molecular weight excluding hydrogens is 288 g/mol. The van der Waals surface area contributed by atoms with Gasteiger partial charge in [0.15, 0.2) is 0 Å². The van der Waals surface area contributed by atoms with Gasteiger partial charge in [-0.3, -0.25) is 9.52 Å². The van der Waals surface area contributed by atoms with Crippen LogP contribution in [0.4, 0.5) is 11.4 Å². The lowest BCUT2D eigenvalue weighted by Gasteiger charge is -2.09. The monoisotopic (exact) mass is 304 g/mol. The molecule has 0 atom stereocenters. The molecule has 0 aromatic heterocycles. The summed E-state index contributed by atoms with van der Waals surface area (Å²) in [4.78, 5) is 11.1. The molecule has 2 aromatic rings. The van der Waals surface area contributed by atoms with Crippen LogP contribution >= 0.6 is 0 Å². The zero-order valence-electron chi connectivity index (χ0n) is 11.8. The average molecular weight is 304 g/mol. The summed E-state index contributed by atoms with van der Waals surface area (Å²) in [5, 5.41) is 2.59. The van der Waals surface area contributed by atoms with Crippen molar-refractivity contribution in [1.82, 2.24) is 0 Å². The van der Waals surface area contributed by atoms with Crippen molar-refractivity contribution in [2.24, 2.45) is 0 Å². The van der Waals surface area contributed by atoms with E-state index in [1.54, 1.807) is 30.3 Å². The number of benzene rings is 2. The molecule has 0 heterocycles. The zero-order valence-corrected chi connectivity index (χ0v) is 12.6. The SMILES string of the molecule is CC(=O)Nc1ccc(S(=O)(=O)Nc2cccc(C)c2)cc1. The van der Waals surface area contributed by atoms with Crippen LogP contribution in [0.25, 0.3) is 0 Å². The van der Waals surface area contributed by atoms with E-state index >= 15 is 0 Å². The van der Waals surface area contributed by atoms with Crippen LogP contribution in [0.3, 0.4) is 0 Å². The van der Waals surface area contributed by atoms with E-state index in [0.29, 0.717) is 11.4 Å². The van der Waals surface area contributed by atoms with Crippen LogP contribution in [0.1, 0.15) is 12.5 Å². The highest BCUT2D eigenvalue weighted by Crippen LogP contribution is 2.18. The van der Waals surface area contributed by atoms with Crippen molar-refractivity contribution in [2.45, 2.75) is 18.7 Å². The number of hydrogen-bond acceptors (Lipinski definition) is 3. The summed E-state index contributed by atoms with van der Waals surface area (Å²) in [5.41, 5.74) is 2.04. The minimum Gasteiger partial charge on any atom is -0.326 e. The molecule has 2 N–H and O–H groups in total. The van der Waals surface area contributed by atoms with E-state index in [9.17, 15) is 13.2 Å². The van der Waals surface area contributed by atoms with Crippen molar-refractivity contribution in [3.05, 3.63) is 54.1 Å². The lowest BCUT2D eigenvalue weighted by atomic mass is 10.2. The van der Waals surface area contributed by atoms with Crippen LogP contribution in [0.15, 0.2) is 53.4 Å². The summed E-state index contributed by atoms with van der Waals surface area (Å²) < 4.78 is 27.0. The minimum absolute atomic E-state index is 0.137. The average Bonchev–Trinajstić information content (AvgIpc) is 2.38. The summed E-state index contributed by atoms with van der Waals surface area (Å²) >= 11 is 0. The quantitative estimate of drug-likeness (QED) is 0.912. The molecule has 0 aliphatic heterocycles. The second-order valence-electron chi connectivity index (χ2n) is 4.68. The van der Waals surface area contributed by atoms with Gasteiger partial charge in [-0.05, 0) is 48.9 Å². The molecule has 0 unspecified atom stereocenters. The second-order valence-corrected chi connectivity index (χ2v) is 6.36. The number of hydrogen-bond donors (Lipinski definition) is 2. The molecule has 0 spiro atoms. The second kappa shape index (κ2) is 5.97. The molecule has 2 aromatic carbocycles. The van der Waals surface area contributed by atoms with E-state index in [-0.39, 0.29) is 10.8 Å². The van der Waals surface area contributed by atoms with Crippen molar-refractivity contribution in [3.63, 3.8) is 0 Å². The Morgan fingerprint density at radius 2 is 1.67 bits per heavy atom. The van der Waals surface area contributed by atoms with Crippen LogP contribution in [-0.4, -0.2) is 14.3 Å². The number of amides is 1. The molecule has 1 amide bonds. The zero-order chi connectivity index (χ0) is 15.5. The van der Waals surface area contributed by atoms with Gasteiger partial charge in [0.2, 0.25) is 5.91 Å². The van der Waals surface area contributed by atoms with E-state index < -0.39 is 10.0 Å². The number of aryl methyl sites for hydroxylation is 1. The van der Waals surface area contributed by atoms with E-state index in [2.05, 4.69) is 10.0 Å². The fourth-order valence-electron chi connectivity index (χ4n) is 1.84. The number of nitrogens with one attached hydrogen (secondary N) is 2. The summed E-state index contributed by atoms with van der Waals surface area (Å²) in [6.07, 6.45) is 0. The van der Waals surface area contributed by atoms with Gasteiger partial charge in [0, 0.05) is 18.3 Å². The largest absolute Gasteiger partial charge is 0.326 e. The number of anilines is 2. The van der Waals surface area contributed by atoms with Gasteiger partial charge in [0.1, 0.15) is 0 Å². The van der Waals surface area contributed by atoms with Gasteiger partial charge in [-0.15, -0.1) is 0 Å². The molecule has 110 valence electrons. The maximum Gasteiger partial charge on any atom is 0.261 e. The van der Waals surface area contributed by atoms with Gasteiger partial charge in [0.25, 0.3) is 10.0 Å². The maximum atomic E-state index is 12.2. The van der Waals surface area contributed by atoms with Crippen LogP contribution in [0.5, 0.6) is 0 Å². The molecule has 0 saturated heterocycles. The van der Waals surface area contributed by atoms with Crippen LogP contribution in [-0.2, 0) is 14.8 Å². The smallest absolute Gasteiger partial charge is 0.261 e. The Bertz CT molecular complexity index is 753. The van der Waals surface area contributed by atoms with E-state index in [4.69, 9.17) is 0 Å². The molecule has 0 aliphatic rings. The molecular formula is C15H16N2O3S. The van der Waals surface area contributed by atoms with Crippen molar-refractivity contribution >= 4 is 27.3 Å². The van der Waals surface area contributed by atoms with Crippen LogP contribution in [0.2, 0.25) is 0 Å². The lowest BCUT2D eigenvalue weighted by molar-refractivity contribution is -0.114.